The molecule has 0 saturated carbocycles. The van der Waals surface area contributed by atoms with Crippen LogP contribution in [0.2, 0.25) is 0 Å². The molecule has 9 heteroatoms. The molecule has 0 amide bonds. The molecule has 0 atom stereocenters. The van der Waals surface area contributed by atoms with E-state index in [0.717, 1.165) is 156 Å². The second kappa shape index (κ2) is 19.9. The van der Waals surface area contributed by atoms with Crippen LogP contribution in [0.1, 0.15) is 17.7 Å². The van der Waals surface area contributed by atoms with Crippen molar-refractivity contribution in [3.8, 4) is 0 Å². The standard InChI is InChI=1S/C92H61N7O2/c1-94-71-33-17-13-23-57(71)67-45-51(37-41-75(67)94)98(52-38-42-76-68(46-52)58-24-14-18-34-72(58)95(76)2)79-49-81-83(61-27-7-5-21-55(61)79)85-63-29-9-11-31-65(63)89-87(91(85)100-81)88-90(93-89)66-32-12-10-30-64(66)86-84-62-28-8-6-22-56(62)80(50-82(84)101-92(86)88)99(53-39-43-77-69(47-53)59-25-15-19-35-73(59)96(77)3)54-40-44-78-70(48-54)60-26-16-20-36-74(60)97(78)4/h5-15,17-25,27-50,93H,16,26H2,1-4H3. The van der Waals surface area contributed by atoms with Gasteiger partial charge in [-0.15, -0.1) is 0 Å². The first-order valence-corrected chi connectivity index (χ1v) is 35.0. The van der Waals surface area contributed by atoms with Gasteiger partial charge in [-0.3, -0.25) is 0 Å². The Hall–Kier alpha value is -13.0. The summed E-state index contributed by atoms with van der Waals surface area (Å²) >= 11 is 0. The lowest BCUT2D eigenvalue weighted by molar-refractivity contribution is 0.670. The molecular formula is C92H61N7O2. The fourth-order valence-electron chi connectivity index (χ4n) is 18.6. The van der Waals surface area contributed by atoms with Crippen LogP contribution in [0.15, 0.2) is 270 Å². The molecule has 22 aromatic rings. The lowest BCUT2D eigenvalue weighted by atomic mass is 9.94. The van der Waals surface area contributed by atoms with E-state index in [4.69, 9.17) is 8.83 Å². The van der Waals surface area contributed by atoms with Crippen LogP contribution in [-0.4, -0.2) is 23.3 Å². The number of aryl methyl sites for hydroxylation is 5. The van der Waals surface area contributed by atoms with Crippen LogP contribution in [0.5, 0.6) is 0 Å². The third kappa shape index (κ3) is 7.23. The zero-order chi connectivity index (χ0) is 66.4. The summed E-state index contributed by atoms with van der Waals surface area (Å²) in [5.74, 6) is 0. The largest absolute Gasteiger partial charge is 0.455 e. The van der Waals surface area contributed by atoms with E-state index in [0.29, 0.717) is 0 Å². The maximum Gasteiger partial charge on any atom is 0.146 e. The number of nitrogens with zero attached hydrogens (tertiary/aromatic N) is 6. The van der Waals surface area contributed by atoms with Crippen molar-refractivity contribution in [2.45, 2.75) is 12.8 Å². The normalized spacial score (nSPS) is 13.0. The average Bonchev–Trinajstić information content (AvgIpc) is 1.52. The first kappa shape index (κ1) is 55.1. The maximum absolute atomic E-state index is 7.85. The van der Waals surface area contributed by atoms with Gasteiger partial charge in [0.1, 0.15) is 22.3 Å². The Labute approximate surface area is 576 Å². The quantitative estimate of drug-likeness (QED) is 0.180. The summed E-state index contributed by atoms with van der Waals surface area (Å²) in [7, 11) is 8.73. The molecule has 0 unspecified atom stereocenters. The number of rotatable bonds is 6. The number of H-pyrrole nitrogens is 1. The third-order valence-corrected chi connectivity index (χ3v) is 23.1. The number of aromatic amines is 1. The summed E-state index contributed by atoms with van der Waals surface area (Å²) in [6.45, 7) is 0. The fraction of sp³-hybridized carbons (Fsp3) is 0.0652. The molecule has 0 saturated heterocycles. The van der Waals surface area contributed by atoms with E-state index in [1.165, 1.54) is 87.6 Å². The first-order valence-electron chi connectivity index (χ1n) is 35.0. The van der Waals surface area contributed by atoms with Gasteiger partial charge in [-0.1, -0.05) is 158 Å². The van der Waals surface area contributed by atoms with E-state index in [1.807, 2.05) is 0 Å². The van der Waals surface area contributed by atoms with Gasteiger partial charge in [0.05, 0.1) is 33.2 Å². The molecule has 0 aliphatic heterocycles. The van der Waals surface area contributed by atoms with Gasteiger partial charge in [0.15, 0.2) is 0 Å². The number of anilines is 6. The first-order chi connectivity index (χ1) is 49.8. The van der Waals surface area contributed by atoms with Crippen LogP contribution in [0, 0.1) is 0 Å². The van der Waals surface area contributed by atoms with Crippen LogP contribution in [0.25, 0.3) is 191 Å². The SMILES string of the molecule is Cn1c2c(c3cc(N(c4ccc5c(c4)c4ccccc4n5C)c4cc5oc6c(c7ccccc7c7[nH]c8c9ccccc9c9c(oc%10cc(N(c%11ccc%12c(c%11)c%11ccccc%11n%12C)c%11ccc%12c(c%11)c%11ccccc%11n%12C)c%11ccccc%11c%109)c8c76)c5c5ccccc45)ccc31)CCC=C2. The van der Waals surface area contributed by atoms with Gasteiger partial charge < -0.3 is 41.9 Å². The Bertz CT molecular complexity index is 7420. The Morgan fingerprint density at radius 3 is 1.03 bits per heavy atom. The molecule has 101 heavy (non-hydrogen) atoms. The number of para-hydroxylation sites is 3. The van der Waals surface area contributed by atoms with Crippen LogP contribution in [0.3, 0.4) is 0 Å². The maximum atomic E-state index is 7.85. The predicted octanol–water partition coefficient (Wildman–Crippen LogP) is 25.1. The van der Waals surface area contributed by atoms with Crippen molar-refractivity contribution in [1.82, 2.24) is 23.3 Å². The van der Waals surface area contributed by atoms with Crippen LogP contribution < -0.4 is 9.80 Å². The monoisotopic (exact) mass is 1300 g/mol. The lowest BCUT2D eigenvalue weighted by Gasteiger charge is -2.27. The molecule has 15 aromatic carbocycles. The molecule has 0 spiro atoms. The summed E-state index contributed by atoms with van der Waals surface area (Å²) in [6, 6.07) is 94.7. The Balaban J connectivity index is 0.816. The summed E-state index contributed by atoms with van der Waals surface area (Å²) in [5.41, 5.74) is 22.6. The van der Waals surface area contributed by atoms with Crippen molar-refractivity contribution >= 4 is 225 Å². The number of benzene rings is 15. The number of allylic oxidation sites excluding steroid dienone is 1. The van der Waals surface area contributed by atoms with Gasteiger partial charge >= 0.3 is 0 Å². The van der Waals surface area contributed by atoms with Crippen molar-refractivity contribution in [1.29, 1.82) is 0 Å². The van der Waals surface area contributed by atoms with E-state index in [1.54, 1.807) is 0 Å². The van der Waals surface area contributed by atoms with Gasteiger partial charge in [-0.25, -0.2) is 0 Å². The minimum absolute atomic E-state index is 0.799. The van der Waals surface area contributed by atoms with Gasteiger partial charge in [0.25, 0.3) is 0 Å². The molecule has 0 radical (unpaired) electrons. The summed E-state index contributed by atoms with van der Waals surface area (Å²) in [6.07, 6.45) is 6.64. The van der Waals surface area contributed by atoms with Crippen LogP contribution in [0.4, 0.5) is 34.1 Å². The van der Waals surface area contributed by atoms with Crippen molar-refractivity contribution < 1.29 is 8.83 Å². The number of aromatic nitrogens is 5. The molecule has 476 valence electrons. The highest BCUT2D eigenvalue weighted by Crippen LogP contribution is 2.55. The van der Waals surface area contributed by atoms with Crippen molar-refractivity contribution in [3.05, 3.63) is 272 Å². The minimum Gasteiger partial charge on any atom is -0.455 e. The Morgan fingerprint density at radius 1 is 0.297 bits per heavy atom. The molecule has 0 fully saturated rings. The third-order valence-electron chi connectivity index (χ3n) is 23.1. The highest BCUT2D eigenvalue weighted by Gasteiger charge is 2.31. The van der Waals surface area contributed by atoms with E-state index in [-0.39, 0.29) is 0 Å². The number of hydrogen-bond acceptors (Lipinski definition) is 4. The second-order valence-electron chi connectivity index (χ2n) is 28.0. The zero-order valence-electron chi connectivity index (χ0n) is 55.8. The van der Waals surface area contributed by atoms with Gasteiger partial charge in [-0.05, 0) is 137 Å². The Kier molecular flexibility index (Phi) is 10.8. The minimum atomic E-state index is 0.799. The van der Waals surface area contributed by atoms with Crippen molar-refractivity contribution in [2.24, 2.45) is 28.2 Å². The average molecular weight is 1300 g/mol. The van der Waals surface area contributed by atoms with Gasteiger partial charge in [0, 0.05) is 188 Å². The van der Waals surface area contributed by atoms with Gasteiger partial charge in [0.2, 0.25) is 0 Å². The molecule has 9 nitrogen and oxygen atoms in total. The summed E-state index contributed by atoms with van der Waals surface area (Å²) < 4.78 is 25.0. The number of fused-ring (bicyclic) bond motifs is 33. The lowest BCUT2D eigenvalue weighted by Crippen LogP contribution is -2.10. The molecule has 0 bridgehead atoms. The highest BCUT2D eigenvalue weighted by atomic mass is 16.3. The van der Waals surface area contributed by atoms with E-state index in [2.05, 4.69) is 328 Å². The van der Waals surface area contributed by atoms with E-state index < -0.39 is 0 Å². The summed E-state index contributed by atoms with van der Waals surface area (Å²) in [5, 5.41) is 23.8. The summed E-state index contributed by atoms with van der Waals surface area (Å²) in [4.78, 5) is 9.09. The second-order valence-corrected chi connectivity index (χ2v) is 28.0. The van der Waals surface area contributed by atoms with E-state index >= 15 is 0 Å². The topological polar surface area (TPSA) is 68.3 Å². The molecular weight excluding hydrogens is 1240 g/mol. The van der Waals surface area contributed by atoms with Crippen molar-refractivity contribution in [2.75, 3.05) is 9.80 Å². The van der Waals surface area contributed by atoms with Crippen LogP contribution >= 0.6 is 0 Å². The van der Waals surface area contributed by atoms with E-state index in [9.17, 15) is 0 Å². The molecule has 1 aliphatic carbocycles. The number of nitrogens with one attached hydrogen (secondary N) is 1. The molecule has 7 aromatic heterocycles. The molecule has 1 N–H and O–H groups in total. The molecule has 1 aliphatic rings. The Morgan fingerprint density at radius 2 is 0.624 bits per heavy atom. The highest BCUT2D eigenvalue weighted by molar-refractivity contribution is 6.44. The smallest absolute Gasteiger partial charge is 0.146 e. The van der Waals surface area contributed by atoms with Crippen LogP contribution in [-0.2, 0) is 34.6 Å². The molecule has 23 rings (SSSR count). The molecule has 7 heterocycles. The predicted molar refractivity (Wildman–Crippen MR) is 426 cm³/mol. The number of furan rings is 2. The van der Waals surface area contributed by atoms with Crippen molar-refractivity contribution in [3.63, 3.8) is 0 Å². The van der Waals surface area contributed by atoms with Gasteiger partial charge in [-0.2, -0.15) is 0 Å². The number of hydrogen-bond donors (Lipinski definition) is 1. The zero-order valence-corrected chi connectivity index (χ0v) is 55.8. The fourth-order valence-corrected chi connectivity index (χ4v) is 18.6.